The topological polar surface area (TPSA) is 56.5 Å². The second-order valence-corrected chi connectivity index (χ2v) is 23.3. The number of fused-ring (bicyclic) bond motifs is 4. The molecule has 0 atom stereocenters. The summed E-state index contributed by atoms with van der Waals surface area (Å²) in [6, 6.07) is 44.2. The van der Waals surface area contributed by atoms with Crippen molar-refractivity contribution in [2.45, 2.75) is 85.9 Å². The average Bonchev–Trinajstić information content (AvgIpc) is 3.79. The first kappa shape index (κ1) is 42.8. The van der Waals surface area contributed by atoms with E-state index in [4.69, 9.17) is 15.0 Å². The normalized spacial score (nSPS) is 12.1. The summed E-state index contributed by atoms with van der Waals surface area (Å²) in [7, 11) is -1.23. The van der Waals surface area contributed by atoms with Crippen LogP contribution in [0.15, 0.2) is 121 Å². The first-order valence-corrected chi connectivity index (χ1v) is 24.2. The van der Waals surface area contributed by atoms with Crippen molar-refractivity contribution in [3.05, 3.63) is 167 Å². The van der Waals surface area contributed by atoms with Crippen LogP contribution in [0.4, 0.5) is 0 Å². The summed E-state index contributed by atoms with van der Waals surface area (Å²) >= 11 is 0. The number of hydrogen-bond acceptors (Lipinski definition) is 4. The van der Waals surface area contributed by atoms with E-state index in [1.165, 1.54) is 44.1 Å². The maximum Gasteiger partial charge on any atom is 0.0986 e. The molecule has 4 aromatic heterocycles. The van der Waals surface area contributed by atoms with Crippen molar-refractivity contribution in [3.8, 4) is 50.6 Å². The van der Waals surface area contributed by atoms with Crippen molar-refractivity contribution < 1.29 is 20.1 Å². The van der Waals surface area contributed by atoms with Gasteiger partial charge < -0.3 is 14.5 Å². The van der Waals surface area contributed by atoms with E-state index in [2.05, 4.69) is 174 Å². The molecule has 0 saturated carbocycles. The molecule has 0 aliphatic heterocycles. The van der Waals surface area contributed by atoms with Gasteiger partial charge in [-0.3, -0.25) is 9.97 Å². The van der Waals surface area contributed by atoms with Crippen molar-refractivity contribution in [1.29, 1.82) is 0 Å². The molecule has 0 fully saturated rings. The van der Waals surface area contributed by atoms with Crippen LogP contribution in [0.3, 0.4) is 0 Å². The number of aryl methyl sites for hydroxylation is 2. The zero-order valence-corrected chi connectivity index (χ0v) is 39.8. The molecular formula is C53H53IrN5Si-2. The Morgan fingerprint density at radius 3 is 2.18 bits per heavy atom. The van der Waals surface area contributed by atoms with Gasteiger partial charge in [-0.25, -0.2) is 0 Å². The van der Waals surface area contributed by atoms with E-state index in [9.17, 15) is 0 Å². The minimum Gasteiger partial charge on any atom is -0.356 e. The Kier molecular flexibility index (Phi) is 12.1. The van der Waals surface area contributed by atoms with Crippen LogP contribution in [0.2, 0.25) is 19.6 Å². The third-order valence-electron chi connectivity index (χ3n) is 11.3. The number of nitrogens with zero attached hydrogens (tertiary/aromatic N) is 5. The van der Waals surface area contributed by atoms with Gasteiger partial charge in [-0.05, 0) is 100 Å². The van der Waals surface area contributed by atoms with E-state index in [-0.39, 0.29) is 25.5 Å². The van der Waals surface area contributed by atoms with E-state index in [0.717, 1.165) is 62.9 Å². The van der Waals surface area contributed by atoms with Crippen molar-refractivity contribution in [2.75, 3.05) is 0 Å². The van der Waals surface area contributed by atoms with Crippen LogP contribution in [-0.2, 0) is 31.9 Å². The average molecular weight is 980 g/mol. The molecule has 4 heterocycles. The number of imidazole rings is 1. The van der Waals surface area contributed by atoms with Crippen LogP contribution >= 0.6 is 0 Å². The number of pyridine rings is 3. The molecule has 0 unspecified atom stereocenters. The van der Waals surface area contributed by atoms with E-state index >= 15 is 0 Å². The smallest absolute Gasteiger partial charge is 0.0986 e. The summed E-state index contributed by atoms with van der Waals surface area (Å²) in [5, 5.41) is 1.40. The Morgan fingerprint density at radius 1 is 0.750 bits per heavy atom. The molecular weight excluding hydrogens is 927 g/mol. The van der Waals surface area contributed by atoms with Gasteiger partial charge in [0.1, 0.15) is 0 Å². The molecule has 1 aliphatic carbocycles. The fourth-order valence-electron chi connectivity index (χ4n) is 7.89. The fourth-order valence-corrected chi connectivity index (χ4v) is 8.93. The number of aromatic nitrogens is 5. The molecule has 60 heavy (non-hydrogen) atoms. The van der Waals surface area contributed by atoms with Crippen LogP contribution in [0, 0.1) is 26.1 Å². The van der Waals surface area contributed by atoms with Gasteiger partial charge in [0.05, 0.1) is 30.6 Å². The van der Waals surface area contributed by atoms with Gasteiger partial charge in [0.15, 0.2) is 0 Å². The van der Waals surface area contributed by atoms with Gasteiger partial charge in [0, 0.05) is 43.2 Å². The Labute approximate surface area is 370 Å². The second-order valence-electron chi connectivity index (χ2n) is 18.2. The summed E-state index contributed by atoms with van der Waals surface area (Å²) < 4.78 is 2.30. The Balaban J connectivity index is 0.000000270. The molecule has 0 N–H and O–H groups in total. The second kappa shape index (κ2) is 17.0. The molecule has 0 saturated heterocycles. The molecule has 305 valence electrons. The van der Waals surface area contributed by atoms with Gasteiger partial charge in [-0.2, -0.15) is 0 Å². The first-order valence-electron chi connectivity index (χ1n) is 20.7. The van der Waals surface area contributed by atoms with Crippen LogP contribution in [0.1, 0.15) is 74.3 Å². The molecule has 5 nitrogen and oxygen atoms in total. The van der Waals surface area contributed by atoms with Crippen molar-refractivity contribution in [1.82, 2.24) is 24.5 Å². The molecule has 0 amide bonds. The maximum atomic E-state index is 5.25. The fraction of sp³-hybridized carbons (Fsp3) is 0.245. The largest absolute Gasteiger partial charge is 0.356 e. The third-order valence-corrected chi connectivity index (χ3v) is 13.4. The summed E-state index contributed by atoms with van der Waals surface area (Å²) in [5.74, 6) is 1.32. The summed E-state index contributed by atoms with van der Waals surface area (Å²) in [6.07, 6.45) is 6.26. The van der Waals surface area contributed by atoms with E-state index < -0.39 is 8.07 Å². The summed E-state index contributed by atoms with van der Waals surface area (Å²) in [5.41, 5.74) is 17.7. The molecule has 1 radical (unpaired) electrons. The van der Waals surface area contributed by atoms with E-state index in [1.807, 2.05) is 37.4 Å². The van der Waals surface area contributed by atoms with Gasteiger partial charge in [0.2, 0.25) is 0 Å². The monoisotopic (exact) mass is 980 g/mol. The maximum absolute atomic E-state index is 5.25. The molecule has 0 spiro atoms. The van der Waals surface area contributed by atoms with E-state index in [0.29, 0.717) is 5.92 Å². The summed E-state index contributed by atoms with van der Waals surface area (Å²) in [6.45, 7) is 22.4. The van der Waals surface area contributed by atoms with Crippen molar-refractivity contribution in [2.24, 2.45) is 0 Å². The van der Waals surface area contributed by atoms with Crippen molar-refractivity contribution in [3.63, 3.8) is 0 Å². The molecule has 4 aromatic carbocycles. The van der Waals surface area contributed by atoms with E-state index in [1.54, 1.807) is 0 Å². The minimum absolute atomic E-state index is 0. The third kappa shape index (κ3) is 8.63. The summed E-state index contributed by atoms with van der Waals surface area (Å²) in [4.78, 5) is 19.5. The van der Waals surface area contributed by atoms with Crippen molar-refractivity contribution >= 4 is 24.3 Å². The predicted molar refractivity (Wildman–Crippen MR) is 248 cm³/mol. The zero-order valence-electron chi connectivity index (χ0n) is 36.4. The van der Waals surface area contributed by atoms with Crippen LogP contribution in [-0.4, -0.2) is 32.6 Å². The number of hydrogen-bond donors (Lipinski definition) is 0. The zero-order chi connectivity index (χ0) is 41.6. The number of rotatable bonds is 6. The Hall–Kier alpha value is -5.33. The number of benzene rings is 4. The molecule has 9 rings (SSSR count). The SMILES string of the molecule is C[Si](C)(C)c1ccc(-c2[c-]cccc2)nc1.Cc1cc2c(nc(-c3[c-]nc4c(c3)-c3ccc(C(C)C)cc3C4)n2-c2ccc(C(C)(C)C)cc2-c2ccccc2)c(C)n1.[Ir]. The van der Waals surface area contributed by atoms with Gasteiger partial charge in [-0.1, -0.05) is 132 Å². The molecule has 8 aromatic rings. The van der Waals surface area contributed by atoms with Crippen LogP contribution in [0.5, 0.6) is 0 Å². The molecule has 0 bridgehead atoms. The quantitative estimate of drug-likeness (QED) is 0.123. The Morgan fingerprint density at radius 2 is 1.52 bits per heavy atom. The van der Waals surface area contributed by atoms with Crippen LogP contribution < -0.4 is 5.19 Å². The van der Waals surface area contributed by atoms with Crippen LogP contribution in [0.25, 0.3) is 61.6 Å². The first-order chi connectivity index (χ1) is 28.2. The van der Waals surface area contributed by atoms with Gasteiger partial charge in [-0.15, -0.1) is 42.0 Å². The van der Waals surface area contributed by atoms with Gasteiger partial charge >= 0.3 is 0 Å². The molecule has 1 aliphatic rings. The minimum atomic E-state index is -1.23. The predicted octanol–water partition coefficient (Wildman–Crippen LogP) is 12.7. The molecule has 7 heteroatoms. The standard InChI is InChI=1S/C39H37N4.C14H16NSi.Ir/c1-23(2)27-13-15-31-28(18-27)20-34-33(31)19-29(22-40-34)38-42-37-25(4)41-24(3)17-36(37)43(38)35-16-14-30(39(5,6)7)21-32(35)26-11-9-8-10-12-26;1-16(2,3)13-9-10-14(15-11-13)12-7-5-4-6-8-12;/h8-19,21,23H,20H2,1-7H3;4-7,9-11H,1-3H3;/q2*-1;. The Bertz CT molecular complexity index is 2800. The van der Waals surface area contributed by atoms with Gasteiger partial charge in [0.25, 0.3) is 0 Å².